The van der Waals surface area contributed by atoms with E-state index in [1.807, 2.05) is 0 Å². The number of carbonyl (C=O) groups is 4. The van der Waals surface area contributed by atoms with Gasteiger partial charge in [-0.1, -0.05) is 0 Å². The van der Waals surface area contributed by atoms with E-state index in [1.165, 1.54) is 0 Å². The zero-order valence-corrected chi connectivity index (χ0v) is 37.0. The largest absolute Gasteiger partial charge is 0.462 e. The van der Waals surface area contributed by atoms with Crippen LogP contribution in [0.4, 0.5) is 46.5 Å². The number of hydrogen-bond donors (Lipinski definition) is 4. The predicted molar refractivity (Wildman–Crippen MR) is 246 cm³/mol. The van der Waals surface area contributed by atoms with Crippen LogP contribution in [0.3, 0.4) is 0 Å². The molecule has 0 atom stereocenters. The molecule has 1 aliphatic rings. The molecule has 2 heterocycles. The van der Waals surface area contributed by atoms with Crippen LogP contribution in [0.15, 0.2) is 97.1 Å². The number of nitrogens with zero attached hydrogens (tertiary/aromatic N) is 6. The van der Waals surface area contributed by atoms with E-state index in [0.717, 1.165) is 0 Å². The molecule has 6 aromatic rings. The van der Waals surface area contributed by atoms with Crippen LogP contribution < -0.4 is 21.3 Å². The molecule has 66 heavy (non-hydrogen) atoms. The Balaban J connectivity index is 1.12. The quantitative estimate of drug-likeness (QED) is 0.0465. The second-order valence-corrected chi connectivity index (χ2v) is 14.9. The lowest BCUT2D eigenvalue weighted by Gasteiger charge is -2.27. The van der Waals surface area contributed by atoms with E-state index in [-0.39, 0.29) is 38.3 Å². The first-order valence-corrected chi connectivity index (χ1v) is 21.8. The van der Waals surface area contributed by atoms with Crippen molar-refractivity contribution < 1.29 is 38.1 Å². The third-order valence-electron chi connectivity index (χ3n) is 10.4. The van der Waals surface area contributed by atoms with Crippen molar-refractivity contribution in [2.45, 2.75) is 65.2 Å². The van der Waals surface area contributed by atoms with Crippen LogP contribution in [0.5, 0.6) is 0 Å². The first kappa shape index (κ1) is 46.0. The van der Waals surface area contributed by atoms with Crippen molar-refractivity contribution in [2.75, 3.05) is 47.7 Å². The Bertz CT molecular complexity index is 2280. The molecule has 0 saturated heterocycles. The van der Waals surface area contributed by atoms with Crippen molar-refractivity contribution in [1.82, 2.24) is 29.9 Å². The Morgan fingerprint density at radius 1 is 0.379 bits per heavy atom. The summed E-state index contributed by atoms with van der Waals surface area (Å²) in [7, 11) is 0. The minimum absolute atomic E-state index is 0.0458. The van der Waals surface area contributed by atoms with E-state index < -0.39 is 23.9 Å². The lowest BCUT2D eigenvalue weighted by atomic mass is 9.81. The molecule has 4 N–H and O–H groups in total. The van der Waals surface area contributed by atoms with Gasteiger partial charge >= 0.3 is 23.9 Å². The van der Waals surface area contributed by atoms with Crippen LogP contribution in [-0.2, 0) is 18.9 Å². The van der Waals surface area contributed by atoms with E-state index in [2.05, 4.69) is 31.2 Å². The minimum atomic E-state index is -0.413. The van der Waals surface area contributed by atoms with Crippen molar-refractivity contribution >= 4 is 70.4 Å². The molecule has 2 aromatic heterocycles. The van der Waals surface area contributed by atoms with Crippen molar-refractivity contribution in [3.63, 3.8) is 0 Å². The van der Waals surface area contributed by atoms with Crippen molar-refractivity contribution in [2.24, 2.45) is 0 Å². The van der Waals surface area contributed by atoms with Gasteiger partial charge < -0.3 is 40.2 Å². The predicted octanol–water partition coefficient (Wildman–Crippen LogP) is 9.18. The molecule has 18 nitrogen and oxygen atoms in total. The number of rotatable bonds is 18. The van der Waals surface area contributed by atoms with Gasteiger partial charge in [0.25, 0.3) is 0 Å². The van der Waals surface area contributed by atoms with E-state index in [9.17, 15) is 19.2 Å². The number of esters is 4. The van der Waals surface area contributed by atoms with Gasteiger partial charge in [-0.2, -0.15) is 29.9 Å². The third kappa shape index (κ3) is 12.2. The lowest BCUT2D eigenvalue weighted by Crippen LogP contribution is -2.19. The van der Waals surface area contributed by atoms with Crippen molar-refractivity contribution in [3.8, 4) is 0 Å². The summed E-state index contributed by atoms with van der Waals surface area (Å²) in [5, 5.41) is 13.0. The van der Waals surface area contributed by atoms with Gasteiger partial charge in [0.15, 0.2) is 0 Å². The van der Waals surface area contributed by atoms with Crippen LogP contribution in [0, 0.1) is 0 Å². The molecule has 1 saturated carbocycles. The molecule has 0 unspecified atom stereocenters. The minimum Gasteiger partial charge on any atom is -0.462 e. The van der Waals surface area contributed by atoms with Crippen LogP contribution in [0.1, 0.15) is 118 Å². The molecule has 0 bridgehead atoms. The maximum Gasteiger partial charge on any atom is 0.338 e. The maximum atomic E-state index is 12.3. The Kier molecular flexibility index (Phi) is 15.4. The highest BCUT2D eigenvalue weighted by atomic mass is 16.5. The van der Waals surface area contributed by atoms with Crippen LogP contribution in [-0.4, -0.2) is 80.2 Å². The summed E-state index contributed by atoms with van der Waals surface area (Å²) < 4.78 is 20.5. The van der Waals surface area contributed by atoms with Crippen molar-refractivity contribution in [1.29, 1.82) is 0 Å². The number of benzene rings is 4. The number of hydrogen-bond acceptors (Lipinski definition) is 18. The number of ether oxygens (including phenoxy) is 4. The molecule has 0 radical (unpaired) electrons. The monoisotopic (exact) mass is 894 g/mol. The van der Waals surface area contributed by atoms with Gasteiger partial charge in [0.1, 0.15) is 11.6 Å². The van der Waals surface area contributed by atoms with E-state index >= 15 is 0 Å². The van der Waals surface area contributed by atoms with E-state index in [1.54, 1.807) is 125 Å². The van der Waals surface area contributed by atoms with Crippen LogP contribution in [0.25, 0.3) is 0 Å². The van der Waals surface area contributed by atoms with Gasteiger partial charge in [0.05, 0.1) is 48.7 Å². The summed E-state index contributed by atoms with van der Waals surface area (Å²) in [6, 6.07) is 27.3. The second-order valence-electron chi connectivity index (χ2n) is 14.9. The average Bonchev–Trinajstić information content (AvgIpc) is 3.33. The smallest absolute Gasteiger partial charge is 0.338 e. The molecular weight excluding hydrogens is 845 g/mol. The zero-order valence-electron chi connectivity index (χ0n) is 37.0. The Labute approximate surface area is 381 Å². The summed E-state index contributed by atoms with van der Waals surface area (Å²) in [6.45, 7) is 8.11. The molecule has 1 aliphatic carbocycles. The fourth-order valence-electron chi connectivity index (χ4n) is 7.12. The highest BCUT2D eigenvalue weighted by molar-refractivity contribution is 5.91. The number of nitrogens with one attached hydrogen (secondary N) is 4. The van der Waals surface area contributed by atoms with Gasteiger partial charge in [-0.15, -0.1) is 0 Å². The highest BCUT2D eigenvalue weighted by Crippen LogP contribution is 2.40. The van der Waals surface area contributed by atoms with Gasteiger partial charge in [0, 0.05) is 34.6 Å². The SMILES string of the molecule is CCOC(=O)c1ccc(Nc2nc(Nc3ccc(C(=O)OCC)cc3)nc(C3CCC(c4nc(Nc5ccc(C(=O)OCC)cc5)nc(Nc5ccc(C(=O)OCC)cc5)n4)CC3)n2)cc1. The summed E-state index contributed by atoms with van der Waals surface area (Å²) in [5.74, 6) is 0.608. The topological polar surface area (TPSA) is 231 Å². The summed E-state index contributed by atoms with van der Waals surface area (Å²) in [4.78, 5) is 77.9. The summed E-state index contributed by atoms with van der Waals surface area (Å²) in [6.07, 6.45) is 2.82. The molecule has 340 valence electrons. The first-order valence-electron chi connectivity index (χ1n) is 21.8. The van der Waals surface area contributed by atoms with Gasteiger partial charge in [0.2, 0.25) is 23.8 Å². The second kappa shape index (κ2) is 22.1. The molecule has 0 aliphatic heterocycles. The lowest BCUT2D eigenvalue weighted by molar-refractivity contribution is 0.0517. The van der Waals surface area contributed by atoms with Crippen LogP contribution >= 0.6 is 0 Å². The molecule has 7 rings (SSSR count). The van der Waals surface area contributed by atoms with Gasteiger partial charge in [-0.3, -0.25) is 0 Å². The Morgan fingerprint density at radius 2 is 0.591 bits per heavy atom. The fraction of sp³-hybridized carbons (Fsp3) is 0.292. The fourth-order valence-corrected chi connectivity index (χ4v) is 7.12. The summed E-state index contributed by atoms with van der Waals surface area (Å²) >= 11 is 0. The normalized spacial score (nSPS) is 14.3. The molecular formula is C48H50N10O8. The first-order chi connectivity index (χ1) is 32.1. The standard InChI is InChI=1S/C48H50N10O8/c1-5-63-41(59)31-13-21-35(22-14-31)49-45-53-39(54-46(57-45)50-36-23-15-32(16-24-36)42(60)64-6-2)29-9-11-30(12-10-29)40-55-47(51-37-25-17-33(18-26-37)43(61)65-7-3)58-48(56-40)52-38-27-19-34(20-28-38)44(62)66-8-4/h13-30H,5-12H2,1-4H3,(H2,49,50,53,54,57)(H2,51,52,55,56,58). The molecule has 4 aromatic carbocycles. The van der Waals surface area contributed by atoms with E-state index in [0.29, 0.717) is 106 Å². The molecule has 18 heteroatoms. The number of anilines is 8. The summed E-state index contributed by atoms with van der Waals surface area (Å²) in [5.41, 5.74) is 4.30. The zero-order chi connectivity index (χ0) is 46.4. The Hall–Kier alpha value is -8.02. The van der Waals surface area contributed by atoms with E-state index in [4.69, 9.17) is 38.9 Å². The number of carbonyl (C=O) groups excluding carboxylic acids is 4. The third-order valence-corrected chi connectivity index (χ3v) is 10.4. The Morgan fingerprint density at radius 3 is 0.788 bits per heavy atom. The molecule has 1 fully saturated rings. The number of aromatic nitrogens is 6. The maximum absolute atomic E-state index is 12.3. The van der Waals surface area contributed by atoms with Gasteiger partial charge in [-0.05, 0) is 150 Å². The van der Waals surface area contributed by atoms with Crippen LogP contribution in [0.2, 0.25) is 0 Å². The molecule has 0 amide bonds. The average molecular weight is 895 g/mol. The highest BCUT2D eigenvalue weighted by Gasteiger charge is 2.29. The molecule has 0 spiro atoms. The van der Waals surface area contributed by atoms with Gasteiger partial charge in [-0.25, -0.2) is 19.2 Å². The van der Waals surface area contributed by atoms with Crippen molar-refractivity contribution in [3.05, 3.63) is 131 Å².